The fourth-order valence-corrected chi connectivity index (χ4v) is 3.56. The van der Waals surface area contributed by atoms with Gasteiger partial charge in [-0.05, 0) is 40.3 Å². The summed E-state index contributed by atoms with van der Waals surface area (Å²) in [5.41, 5.74) is 1.82. The zero-order valence-corrected chi connectivity index (χ0v) is 15.4. The lowest BCUT2D eigenvalue weighted by molar-refractivity contribution is -0.128. The normalized spacial score (nSPS) is 17.1. The van der Waals surface area contributed by atoms with E-state index in [0.29, 0.717) is 31.6 Å². The van der Waals surface area contributed by atoms with E-state index in [2.05, 4.69) is 27.9 Å². The lowest BCUT2D eigenvalue weighted by Gasteiger charge is -2.17. The highest BCUT2D eigenvalue weighted by Crippen LogP contribution is 2.20. The zero-order valence-electron chi connectivity index (χ0n) is 13.2. The smallest absolute Gasteiger partial charge is 0.252 e. The van der Waals surface area contributed by atoms with Crippen LogP contribution in [0.1, 0.15) is 22.3 Å². The van der Waals surface area contributed by atoms with Gasteiger partial charge in [-0.1, -0.05) is 42.5 Å². The molecule has 2 amide bonds. The van der Waals surface area contributed by atoms with Crippen LogP contribution in [0.2, 0.25) is 0 Å². The molecule has 1 aliphatic rings. The molecule has 2 aromatic rings. The number of benzene rings is 2. The fourth-order valence-electron chi connectivity index (χ4n) is 2.92. The van der Waals surface area contributed by atoms with Crippen molar-refractivity contribution < 1.29 is 9.59 Å². The third-order valence-corrected chi connectivity index (χ3v) is 5.12. The van der Waals surface area contributed by atoms with Crippen molar-refractivity contribution in [2.75, 3.05) is 13.1 Å². The number of carbonyl (C=O) groups excluding carboxylic acids is 2. The van der Waals surface area contributed by atoms with E-state index in [1.54, 1.807) is 0 Å². The number of amides is 2. The quantitative estimate of drug-likeness (QED) is 0.736. The van der Waals surface area contributed by atoms with Gasteiger partial charge in [-0.2, -0.15) is 0 Å². The summed E-state index contributed by atoms with van der Waals surface area (Å²) in [5.74, 6) is 0.257. The van der Waals surface area contributed by atoms with E-state index in [4.69, 9.17) is 0 Å². The summed E-state index contributed by atoms with van der Waals surface area (Å²) in [6.07, 6.45) is 0.499. The van der Waals surface area contributed by atoms with Crippen LogP contribution in [0.25, 0.3) is 0 Å². The average molecular weight is 434 g/mol. The van der Waals surface area contributed by atoms with Crippen molar-refractivity contribution in [3.63, 3.8) is 0 Å². The summed E-state index contributed by atoms with van der Waals surface area (Å²) in [6, 6.07) is 17.5. The molecule has 1 saturated heterocycles. The maximum absolute atomic E-state index is 12.3. The molecule has 1 atom stereocenters. The van der Waals surface area contributed by atoms with Gasteiger partial charge in [-0.25, -0.2) is 0 Å². The van der Waals surface area contributed by atoms with Crippen LogP contribution >= 0.6 is 22.6 Å². The van der Waals surface area contributed by atoms with E-state index in [1.807, 2.05) is 59.5 Å². The van der Waals surface area contributed by atoms with Crippen LogP contribution < -0.4 is 5.32 Å². The second kappa shape index (κ2) is 7.79. The van der Waals surface area contributed by atoms with Gasteiger partial charge in [0, 0.05) is 35.5 Å². The van der Waals surface area contributed by atoms with Crippen LogP contribution in [-0.2, 0) is 11.3 Å². The first-order valence-electron chi connectivity index (χ1n) is 7.98. The third kappa shape index (κ3) is 4.14. The summed E-state index contributed by atoms with van der Waals surface area (Å²) in [7, 11) is 0. The van der Waals surface area contributed by atoms with E-state index >= 15 is 0 Å². The highest BCUT2D eigenvalue weighted by molar-refractivity contribution is 14.1. The van der Waals surface area contributed by atoms with Crippen molar-refractivity contribution in [3.8, 4) is 0 Å². The van der Waals surface area contributed by atoms with E-state index in [0.717, 1.165) is 9.13 Å². The molecule has 4 nitrogen and oxygen atoms in total. The van der Waals surface area contributed by atoms with Crippen LogP contribution in [0.3, 0.4) is 0 Å². The number of carbonyl (C=O) groups is 2. The van der Waals surface area contributed by atoms with Crippen molar-refractivity contribution in [2.24, 2.45) is 5.92 Å². The number of rotatable bonds is 5. The third-order valence-electron chi connectivity index (χ3n) is 4.18. The van der Waals surface area contributed by atoms with Crippen LogP contribution in [0, 0.1) is 9.49 Å². The molecule has 124 valence electrons. The molecule has 3 rings (SSSR count). The number of hydrogen-bond acceptors (Lipinski definition) is 2. The van der Waals surface area contributed by atoms with Crippen LogP contribution in [0.15, 0.2) is 54.6 Å². The first kappa shape index (κ1) is 17.0. The molecule has 1 heterocycles. The Morgan fingerprint density at radius 1 is 1.12 bits per heavy atom. The van der Waals surface area contributed by atoms with E-state index in [1.165, 1.54) is 0 Å². The molecule has 0 radical (unpaired) electrons. The van der Waals surface area contributed by atoms with E-state index < -0.39 is 0 Å². The van der Waals surface area contributed by atoms with Crippen LogP contribution in [0.4, 0.5) is 0 Å². The molecule has 0 saturated carbocycles. The first-order valence-corrected chi connectivity index (χ1v) is 9.06. The van der Waals surface area contributed by atoms with Gasteiger partial charge in [0.15, 0.2) is 0 Å². The fraction of sp³-hybridized carbons (Fsp3) is 0.263. The molecule has 1 unspecified atom stereocenters. The maximum atomic E-state index is 12.3. The summed E-state index contributed by atoms with van der Waals surface area (Å²) < 4.78 is 0.931. The number of likely N-dealkylation sites (tertiary alicyclic amines) is 1. The molecular formula is C19H19IN2O2. The number of hydrogen-bond donors (Lipinski definition) is 1. The Morgan fingerprint density at radius 2 is 1.83 bits per heavy atom. The Morgan fingerprint density at radius 3 is 2.58 bits per heavy atom. The Labute approximate surface area is 155 Å². The minimum absolute atomic E-state index is 0.0750. The average Bonchev–Trinajstić information content (AvgIpc) is 2.94. The number of nitrogens with zero attached hydrogens (tertiary/aromatic N) is 1. The number of halogens is 1. The summed E-state index contributed by atoms with van der Waals surface area (Å²) in [6.45, 7) is 1.86. The molecule has 2 aromatic carbocycles. The standard InChI is InChI=1S/C19H19IN2O2/c20-17-9-5-4-8-16(17)19(24)21-11-15-10-18(23)22(13-15)12-14-6-2-1-3-7-14/h1-9,15H,10-13H2,(H,21,24). The van der Waals surface area contributed by atoms with Gasteiger partial charge in [-0.15, -0.1) is 0 Å². The van der Waals surface area contributed by atoms with Crippen molar-refractivity contribution in [3.05, 3.63) is 69.3 Å². The second-order valence-corrected chi connectivity index (χ2v) is 7.18. The topological polar surface area (TPSA) is 49.4 Å². The number of nitrogens with one attached hydrogen (secondary N) is 1. The lowest BCUT2D eigenvalue weighted by Crippen LogP contribution is -2.31. The van der Waals surface area contributed by atoms with Crippen molar-refractivity contribution in [1.29, 1.82) is 0 Å². The molecule has 5 heteroatoms. The monoisotopic (exact) mass is 434 g/mol. The maximum Gasteiger partial charge on any atom is 0.252 e. The van der Waals surface area contributed by atoms with Crippen molar-refractivity contribution in [2.45, 2.75) is 13.0 Å². The molecule has 0 spiro atoms. The predicted octanol–water partition coefficient (Wildman–Crippen LogP) is 3.07. The van der Waals surface area contributed by atoms with Crippen LogP contribution in [0.5, 0.6) is 0 Å². The Bertz CT molecular complexity index is 733. The Kier molecular flexibility index (Phi) is 5.50. The molecule has 1 N–H and O–H groups in total. The first-order chi connectivity index (χ1) is 11.6. The molecule has 0 bridgehead atoms. The largest absolute Gasteiger partial charge is 0.352 e. The van der Waals surface area contributed by atoms with Gasteiger partial charge in [0.1, 0.15) is 0 Å². The van der Waals surface area contributed by atoms with Crippen molar-refractivity contribution in [1.82, 2.24) is 10.2 Å². The van der Waals surface area contributed by atoms with Crippen LogP contribution in [-0.4, -0.2) is 29.8 Å². The SMILES string of the molecule is O=C(NCC1CC(=O)N(Cc2ccccc2)C1)c1ccccc1I. The summed E-state index contributed by atoms with van der Waals surface area (Å²) >= 11 is 2.16. The highest BCUT2D eigenvalue weighted by Gasteiger charge is 2.29. The molecule has 1 fully saturated rings. The summed E-state index contributed by atoms with van der Waals surface area (Å²) in [4.78, 5) is 26.3. The second-order valence-electron chi connectivity index (χ2n) is 6.02. The molecule has 24 heavy (non-hydrogen) atoms. The van der Waals surface area contributed by atoms with Gasteiger partial charge in [0.25, 0.3) is 5.91 Å². The van der Waals surface area contributed by atoms with Gasteiger partial charge in [0.2, 0.25) is 5.91 Å². The van der Waals surface area contributed by atoms with Gasteiger partial charge in [-0.3, -0.25) is 9.59 Å². The van der Waals surface area contributed by atoms with Crippen molar-refractivity contribution >= 4 is 34.4 Å². The predicted molar refractivity (Wildman–Crippen MR) is 101 cm³/mol. The molecule has 0 aliphatic carbocycles. The van der Waals surface area contributed by atoms with E-state index in [-0.39, 0.29) is 17.7 Å². The molecular weight excluding hydrogens is 415 g/mol. The van der Waals surface area contributed by atoms with Gasteiger partial charge in [0.05, 0.1) is 5.56 Å². The van der Waals surface area contributed by atoms with E-state index in [9.17, 15) is 9.59 Å². The molecule has 1 aliphatic heterocycles. The minimum Gasteiger partial charge on any atom is -0.352 e. The molecule has 0 aromatic heterocycles. The minimum atomic E-state index is -0.0750. The Hall–Kier alpha value is -1.89. The highest BCUT2D eigenvalue weighted by atomic mass is 127. The zero-order chi connectivity index (χ0) is 16.9. The summed E-state index contributed by atoms with van der Waals surface area (Å²) in [5, 5.41) is 2.96. The van der Waals surface area contributed by atoms with Gasteiger partial charge >= 0.3 is 0 Å². The Balaban J connectivity index is 1.53. The lowest BCUT2D eigenvalue weighted by atomic mass is 10.1. The van der Waals surface area contributed by atoms with Gasteiger partial charge < -0.3 is 10.2 Å².